The number of halogens is 2. The van der Waals surface area contributed by atoms with Crippen LogP contribution in [0.15, 0.2) is 0 Å². The van der Waals surface area contributed by atoms with Crippen molar-refractivity contribution in [2.24, 2.45) is 0 Å². The van der Waals surface area contributed by atoms with Gasteiger partial charge in [-0.3, -0.25) is 9.36 Å². The molecule has 0 aliphatic rings. The Kier molecular flexibility index (Phi) is 4.41. The van der Waals surface area contributed by atoms with Crippen molar-refractivity contribution in [1.82, 2.24) is 4.67 Å². The van der Waals surface area contributed by atoms with Gasteiger partial charge in [-0.1, -0.05) is 0 Å². The van der Waals surface area contributed by atoms with E-state index in [1.54, 1.807) is 0 Å². The van der Waals surface area contributed by atoms with Gasteiger partial charge >= 0.3 is 12.0 Å². The minimum Gasteiger partial charge on any atom is -0.468 e. The molecule has 0 spiro atoms. The second-order valence-corrected chi connectivity index (χ2v) is 6.65. The lowest BCUT2D eigenvalue weighted by molar-refractivity contribution is -0.140. The first-order chi connectivity index (χ1) is 4.88. The van der Waals surface area contributed by atoms with Gasteiger partial charge < -0.3 is 4.74 Å². The average Bonchev–Trinajstić information content (AvgIpc) is 1.85. The molecule has 0 rings (SSSR count). The first kappa shape index (κ1) is 11.2. The van der Waals surface area contributed by atoms with Gasteiger partial charge in [-0.25, -0.2) is 4.67 Å². The molecular formula is C4H8Cl2NO3P. The quantitative estimate of drug-likeness (QED) is 0.536. The van der Waals surface area contributed by atoms with Crippen molar-refractivity contribution in [3.63, 3.8) is 0 Å². The van der Waals surface area contributed by atoms with E-state index in [0.717, 1.165) is 4.67 Å². The zero-order valence-electron chi connectivity index (χ0n) is 6.08. The van der Waals surface area contributed by atoms with Crippen molar-refractivity contribution in [3.05, 3.63) is 0 Å². The average molecular weight is 220 g/mol. The minimum absolute atomic E-state index is 0.180. The molecular weight excluding hydrogens is 212 g/mol. The second kappa shape index (κ2) is 4.31. The molecule has 0 amide bonds. The summed E-state index contributed by atoms with van der Waals surface area (Å²) in [7, 11) is 2.60. The van der Waals surface area contributed by atoms with E-state index in [0.29, 0.717) is 0 Å². The fourth-order valence-corrected chi connectivity index (χ4v) is 0.935. The van der Waals surface area contributed by atoms with E-state index >= 15 is 0 Å². The molecule has 7 heteroatoms. The molecule has 0 unspecified atom stereocenters. The third-order valence-electron chi connectivity index (χ3n) is 0.983. The van der Waals surface area contributed by atoms with E-state index in [1.165, 1.54) is 14.2 Å². The highest BCUT2D eigenvalue weighted by Crippen LogP contribution is 2.58. The van der Waals surface area contributed by atoms with Gasteiger partial charge in [-0.15, -0.1) is 0 Å². The molecule has 0 N–H and O–H groups in total. The largest absolute Gasteiger partial charge is 0.468 e. The normalized spacial score (nSPS) is 11.7. The Morgan fingerprint density at radius 1 is 1.64 bits per heavy atom. The van der Waals surface area contributed by atoms with Crippen LogP contribution >= 0.6 is 28.5 Å². The number of nitrogens with zero attached hydrogens (tertiary/aromatic N) is 1. The summed E-state index contributed by atoms with van der Waals surface area (Å²) in [6, 6.07) is 0. The topological polar surface area (TPSA) is 46.6 Å². The maximum Gasteiger partial charge on any atom is 0.322 e. The number of methoxy groups -OCH3 is 1. The summed E-state index contributed by atoms with van der Waals surface area (Å²) in [6.07, 6.45) is 0. The Morgan fingerprint density at radius 2 is 2.09 bits per heavy atom. The third-order valence-corrected chi connectivity index (χ3v) is 3.47. The molecule has 0 atom stereocenters. The summed E-state index contributed by atoms with van der Waals surface area (Å²) in [5, 5.41) is 0. The van der Waals surface area contributed by atoms with Gasteiger partial charge in [0.1, 0.15) is 6.54 Å². The Labute approximate surface area is 74.4 Å². The van der Waals surface area contributed by atoms with Crippen LogP contribution in [0.5, 0.6) is 0 Å². The summed E-state index contributed by atoms with van der Waals surface area (Å²) in [6.45, 7) is -0.180. The molecule has 0 saturated carbocycles. The van der Waals surface area contributed by atoms with E-state index in [4.69, 9.17) is 22.5 Å². The lowest BCUT2D eigenvalue weighted by Crippen LogP contribution is -2.21. The number of hydrogen-bond donors (Lipinski definition) is 0. The zero-order chi connectivity index (χ0) is 9.07. The number of hydrogen-bond acceptors (Lipinski definition) is 3. The maximum absolute atomic E-state index is 10.8. The monoisotopic (exact) mass is 219 g/mol. The van der Waals surface area contributed by atoms with Crippen LogP contribution in [0.2, 0.25) is 0 Å². The Balaban J connectivity index is 3.98. The van der Waals surface area contributed by atoms with Gasteiger partial charge in [0.05, 0.1) is 7.11 Å². The highest BCUT2D eigenvalue weighted by molar-refractivity contribution is 8.06. The van der Waals surface area contributed by atoms with Crippen LogP contribution in [0.3, 0.4) is 0 Å². The Bertz CT molecular complexity index is 192. The fourth-order valence-electron chi connectivity index (χ4n) is 0.334. The van der Waals surface area contributed by atoms with Gasteiger partial charge in [0.2, 0.25) is 0 Å². The number of carbonyl (C=O) groups is 1. The van der Waals surface area contributed by atoms with Crippen molar-refractivity contribution < 1.29 is 14.1 Å². The van der Waals surface area contributed by atoms with Gasteiger partial charge in [0, 0.05) is 0 Å². The standard InChI is InChI=1S/C4H8Cl2NO3P/c1-7(11(5,6)9)3-4(8)10-2/h3H2,1-2H3. The minimum atomic E-state index is -3.35. The van der Waals surface area contributed by atoms with Gasteiger partial charge in [-0.05, 0) is 29.5 Å². The highest BCUT2D eigenvalue weighted by atomic mass is 35.9. The second-order valence-electron chi connectivity index (χ2n) is 1.83. The molecule has 0 aromatic heterocycles. The number of carbonyl (C=O) groups excluding carboxylic acids is 1. The third kappa shape index (κ3) is 4.64. The van der Waals surface area contributed by atoms with Crippen molar-refractivity contribution in [1.29, 1.82) is 0 Å². The molecule has 0 fully saturated rings. The molecule has 4 nitrogen and oxygen atoms in total. The Morgan fingerprint density at radius 3 is 2.36 bits per heavy atom. The number of esters is 1. The summed E-state index contributed by atoms with van der Waals surface area (Å²) in [5.41, 5.74) is 0. The van der Waals surface area contributed by atoms with Crippen LogP contribution in [-0.4, -0.2) is 31.3 Å². The number of rotatable bonds is 3. The van der Waals surface area contributed by atoms with Crippen molar-refractivity contribution in [2.75, 3.05) is 20.7 Å². The maximum atomic E-state index is 10.8. The van der Waals surface area contributed by atoms with Crippen molar-refractivity contribution in [3.8, 4) is 0 Å². The summed E-state index contributed by atoms with van der Waals surface area (Å²) >= 11 is 10.4. The summed E-state index contributed by atoms with van der Waals surface area (Å²) in [5.74, 6) is -3.88. The molecule has 0 saturated heterocycles. The van der Waals surface area contributed by atoms with Crippen LogP contribution in [0.1, 0.15) is 0 Å². The SMILES string of the molecule is COC(=O)CN(C)P(=O)(Cl)Cl. The predicted octanol–water partition coefficient (Wildman–Crippen LogP) is 1.68. The summed E-state index contributed by atoms with van der Waals surface area (Å²) < 4.78 is 16.1. The van der Waals surface area contributed by atoms with E-state index in [-0.39, 0.29) is 6.54 Å². The molecule has 0 radical (unpaired) electrons. The number of ether oxygens (including phenoxy) is 1. The van der Waals surface area contributed by atoms with Gasteiger partial charge in [0.25, 0.3) is 0 Å². The lowest BCUT2D eigenvalue weighted by Gasteiger charge is -2.14. The van der Waals surface area contributed by atoms with Crippen molar-refractivity contribution in [2.45, 2.75) is 0 Å². The van der Waals surface area contributed by atoms with E-state index < -0.39 is 12.0 Å². The molecule has 0 aliphatic carbocycles. The van der Waals surface area contributed by atoms with Crippen LogP contribution in [-0.2, 0) is 14.1 Å². The van der Waals surface area contributed by atoms with Crippen LogP contribution in [0, 0.1) is 0 Å². The predicted molar refractivity (Wildman–Crippen MR) is 44.0 cm³/mol. The van der Waals surface area contributed by atoms with E-state index in [2.05, 4.69) is 4.74 Å². The van der Waals surface area contributed by atoms with Crippen molar-refractivity contribution >= 4 is 34.4 Å². The Hall–Kier alpha value is 0.240. The molecule has 0 aromatic rings. The first-order valence-electron chi connectivity index (χ1n) is 2.65. The van der Waals surface area contributed by atoms with Gasteiger partial charge in [-0.2, -0.15) is 0 Å². The fraction of sp³-hybridized carbons (Fsp3) is 0.750. The molecule has 66 valence electrons. The molecule has 11 heavy (non-hydrogen) atoms. The highest BCUT2D eigenvalue weighted by Gasteiger charge is 2.23. The van der Waals surface area contributed by atoms with Gasteiger partial charge in [0.15, 0.2) is 0 Å². The van der Waals surface area contributed by atoms with Crippen LogP contribution in [0.25, 0.3) is 0 Å². The van der Waals surface area contributed by atoms with Crippen LogP contribution in [0.4, 0.5) is 0 Å². The number of likely N-dealkylation sites (N-methyl/N-ethyl adjacent to an activating group) is 1. The van der Waals surface area contributed by atoms with E-state index in [1.807, 2.05) is 0 Å². The summed E-state index contributed by atoms with van der Waals surface area (Å²) in [4.78, 5) is 10.6. The zero-order valence-corrected chi connectivity index (χ0v) is 8.49. The molecule has 0 bridgehead atoms. The van der Waals surface area contributed by atoms with E-state index in [9.17, 15) is 9.36 Å². The first-order valence-corrected chi connectivity index (χ1v) is 6.12. The lowest BCUT2D eigenvalue weighted by atomic mass is 10.7. The van der Waals surface area contributed by atoms with Crippen LogP contribution < -0.4 is 0 Å². The molecule has 0 aromatic carbocycles. The molecule has 0 aliphatic heterocycles. The molecule has 0 heterocycles. The smallest absolute Gasteiger partial charge is 0.322 e.